The summed E-state index contributed by atoms with van der Waals surface area (Å²) in [6, 6.07) is 16.4. The van der Waals surface area contributed by atoms with Crippen LogP contribution in [0.4, 0.5) is 0 Å². The molecule has 9 heteroatoms. The smallest absolute Gasteiger partial charge is 0.347 e. The minimum atomic E-state index is -0.808. The number of aromatic nitrogens is 2. The Morgan fingerprint density at radius 2 is 1.76 bits per heavy atom. The van der Waals surface area contributed by atoms with Gasteiger partial charge < -0.3 is 18.9 Å². The van der Waals surface area contributed by atoms with Gasteiger partial charge in [-0.2, -0.15) is 9.78 Å². The maximum absolute atomic E-state index is 13.8. The number of ether oxygens (including phenoxy) is 4. The first-order valence-corrected chi connectivity index (χ1v) is 14.0. The van der Waals surface area contributed by atoms with E-state index in [1.165, 1.54) is 4.68 Å². The van der Waals surface area contributed by atoms with Gasteiger partial charge in [0.15, 0.2) is 23.4 Å². The monoisotopic (exact) mass is 571 g/mol. The van der Waals surface area contributed by atoms with Crippen molar-refractivity contribution in [1.82, 2.24) is 9.66 Å². The van der Waals surface area contributed by atoms with E-state index >= 15 is 0 Å². The van der Waals surface area contributed by atoms with Crippen LogP contribution >= 0.6 is 0 Å². The lowest BCUT2D eigenvalue weighted by Crippen LogP contribution is -2.26. The molecule has 0 bridgehead atoms. The predicted octanol–water partition coefficient (Wildman–Crippen LogP) is 6.12. The molecule has 0 aliphatic carbocycles. The number of carbonyl (C=O) groups is 1. The first-order chi connectivity index (χ1) is 20.2. The topological polar surface area (TPSA) is 101 Å². The summed E-state index contributed by atoms with van der Waals surface area (Å²) in [5, 5.41) is 5.08. The Hall–Kier alpha value is -4.66. The van der Waals surface area contributed by atoms with Crippen molar-refractivity contribution < 1.29 is 23.7 Å². The van der Waals surface area contributed by atoms with Crippen molar-refractivity contribution in [1.29, 1.82) is 0 Å². The molecule has 3 aromatic carbocycles. The summed E-state index contributed by atoms with van der Waals surface area (Å²) in [5.41, 5.74) is 3.65. The second-order valence-electron chi connectivity index (χ2n) is 10.0. The summed E-state index contributed by atoms with van der Waals surface area (Å²) in [6.45, 7) is 12.0. The molecule has 1 aromatic heterocycles. The molecule has 0 fully saturated rings. The van der Waals surface area contributed by atoms with Crippen LogP contribution in [0, 0.1) is 6.92 Å². The van der Waals surface area contributed by atoms with E-state index in [1.54, 1.807) is 57.5 Å². The molecule has 0 aliphatic rings. The average molecular weight is 572 g/mol. The van der Waals surface area contributed by atoms with Crippen molar-refractivity contribution in [2.45, 2.75) is 53.6 Å². The van der Waals surface area contributed by atoms with Gasteiger partial charge in [-0.15, -0.1) is 0 Å². The fraction of sp³-hybridized carbons (Fsp3) is 0.333. The highest BCUT2D eigenvalue weighted by molar-refractivity contribution is 5.83. The van der Waals surface area contributed by atoms with Crippen LogP contribution in [-0.4, -0.2) is 48.3 Å². The van der Waals surface area contributed by atoms with Crippen LogP contribution in [0.25, 0.3) is 22.3 Å². The van der Waals surface area contributed by atoms with Crippen molar-refractivity contribution >= 4 is 23.1 Å². The van der Waals surface area contributed by atoms with Crippen LogP contribution in [0.15, 0.2) is 64.5 Å². The fourth-order valence-electron chi connectivity index (χ4n) is 4.57. The van der Waals surface area contributed by atoms with Gasteiger partial charge in [0, 0.05) is 5.56 Å². The average Bonchev–Trinajstić information content (AvgIpc) is 2.97. The van der Waals surface area contributed by atoms with Crippen LogP contribution in [0.2, 0.25) is 0 Å². The number of rotatable bonds is 11. The third kappa shape index (κ3) is 6.46. The molecule has 4 rings (SSSR count). The van der Waals surface area contributed by atoms with Gasteiger partial charge in [0.05, 0.1) is 37.4 Å². The molecule has 42 heavy (non-hydrogen) atoms. The van der Waals surface area contributed by atoms with Crippen molar-refractivity contribution in [3.8, 4) is 28.6 Å². The van der Waals surface area contributed by atoms with Crippen molar-refractivity contribution in [3.05, 3.63) is 81.6 Å². The third-order valence-electron chi connectivity index (χ3n) is 6.71. The number of carbonyl (C=O) groups excluding carboxylic acids is 1. The zero-order valence-corrected chi connectivity index (χ0v) is 25.1. The van der Waals surface area contributed by atoms with Gasteiger partial charge in [-0.05, 0) is 92.8 Å². The number of methoxy groups -OCH3 is 1. The second kappa shape index (κ2) is 13.3. The summed E-state index contributed by atoms with van der Waals surface area (Å²) in [4.78, 5) is 30.7. The molecular weight excluding hydrogens is 534 g/mol. The Kier molecular flexibility index (Phi) is 9.62. The van der Waals surface area contributed by atoms with Crippen molar-refractivity contribution in [2.24, 2.45) is 5.10 Å². The lowest BCUT2D eigenvalue weighted by atomic mass is 9.96. The van der Waals surface area contributed by atoms with Gasteiger partial charge >= 0.3 is 5.97 Å². The number of hydrogen-bond acceptors (Lipinski definition) is 8. The van der Waals surface area contributed by atoms with E-state index in [0.29, 0.717) is 40.4 Å². The van der Waals surface area contributed by atoms with E-state index in [9.17, 15) is 9.59 Å². The van der Waals surface area contributed by atoms with E-state index in [1.807, 2.05) is 38.1 Å². The molecule has 1 atom stereocenters. The van der Waals surface area contributed by atoms with Crippen LogP contribution < -0.4 is 19.8 Å². The largest absolute Gasteiger partial charge is 0.496 e. The van der Waals surface area contributed by atoms with Crippen LogP contribution in [0.5, 0.6) is 17.2 Å². The highest BCUT2D eigenvalue weighted by Gasteiger charge is 2.20. The molecule has 0 N–H and O–H groups in total. The molecule has 0 amide bonds. The fourth-order valence-corrected chi connectivity index (χ4v) is 4.57. The highest BCUT2D eigenvalue weighted by Crippen LogP contribution is 2.34. The van der Waals surface area contributed by atoms with Crippen molar-refractivity contribution in [3.63, 3.8) is 0 Å². The number of esters is 1. The van der Waals surface area contributed by atoms with Gasteiger partial charge in [0.1, 0.15) is 5.75 Å². The Morgan fingerprint density at radius 1 is 1.00 bits per heavy atom. The van der Waals surface area contributed by atoms with E-state index < -0.39 is 12.1 Å². The van der Waals surface area contributed by atoms with Gasteiger partial charge in [-0.25, -0.2) is 9.78 Å². The quantitative estimate of drug-likeness (QED) is 0.158. The van der Waals surface area contributed by atoms with E-state index in [4.69, 9.17) is 23.9 Å². The molecule has 0 aliphatic heterocycles. The molecule has 9 nitrogen and oxygen atoms in total. The summed E-state index contributed by atoms with van der Waals surface area (Å²) >= 11 is 0. The summed E-state index contributed by atoms with van der Waals surface area (Å²) < 4.78 is 23.6. The zero-order chi connectivity index (χ0) is 30.4. The number of benzene rings is 3. The standard InChI is InChI=1S/C33H37N3O6/c1-8-40-30-17-23(14-15-28(30)42-22(6)33(38)41-9-2)19-34-36-31(35-27-13-11-10-12-24(27)32(36)37)26-18-25(20(3)4)29(39-7)16-21(26)5/h10-20,22H,8-9H2,1-7H3/t22-/m1/s1. The number of fused-ring (bicyclic) bond motifs is 1. The molecular formula is C33H37N3O6. The molecule has 4 aromatic rings. The summed E-state index contributed by atoms with van der Waals surface area (Å²) in [6.07, 6.45) is 0.766. The lowest BCUT2D eigenvalue weighted by molar-refractivity contribution is -0.150. The minimum absolute atomic E-state index is 0.188. The van der Waals surface area contributed by atoms with Crippen LogP contribution in [-0.2, 0) is 9.53 Å². The molecule has 0 spiro atoms. The van der Waals surface area contributed by atoms with Gasteiger partial charge in [-0.1, -0.05) is 26.0 Å². The Morgan fingerprint density at radius 3 is 2.45 bits per heavy atom. The molecule has 1 heterocycles. The van der Waals surface area contributed by atoms with Crippen LogP contribution in [0.3, 0.4) is 0 Å². The number of aryl methyl sites for hydroxylation is 1. The lowest BCUT2D eigenvalue weighted by Gasteiger charge is -2.17. The van der Waals surface area contributed by atoms with Crippen molar-refractivity contribution in [2.75, 3.05) is 20.3 Å². The van der Waals surface area contributed by atoms with E-state index in [-0.39, 0.29) is 18.1 Å². The van der Waals surface area contributed by atoms with E-state index in [0.717, 1.165) is 22.4 Å². The summed E-state index contributed by atoms with van der Waals surface area (Å²) in [7, 11) is 1.65. The Balaban J connectivity index is 1.82. The second-order valence-corrected chi connectivity index (χ2v) is 10.0. The third-order valence-corrected chi connectivity index (χ3v) is 6.71. The Labute approximate surface area is 245 Å². The molecule has 0 saturated carbocycles. The number of nitrogens with zero attached hydrogens (tertiary/aromatic N) is 3. The molecule has 220 valence electrons. The first kappa shape index (κ1) is 30.3. The van der Waals surface area contributed by atoms with Crippen LogP contribution in [0.1, 0.15) is 57.2 Å². The van der Waals surface area contributed by atoms with Gasteiger partial charge in [0.2, 0.25) is 0 Å². The number of hydrogen-bond donors (Lipinski definition) is 0. The molecule has 0 unspecified atom stereocenters. The SMILES string of the molecule is CCOC(=O)[C@@H](C)Oc1ccc(C=Nn2c(-c3cc(C(C)C)c(OC)cc3C)nc3ccccc3c2=O)cc1OCC. The van der Waals surface area contributed by atoms with Gasteiger partial charge in [-0.3, -0.25) is 4.79 Å². The number of para-hydroxylation sites is 1. The highest BCUT2D eigenvalue weighted by atomic mass is 16.6. The van der Waals surface area contributed by atoms with E-state index in [2.05, 4.69) is 18.9 Å². The predicted molar refractivity (Wildman–Crippen MR) is 164 cm³/mol. The minimum Gasteiger partial charge on any atom is -0.496 e. The summed E-state index contributed by atoms with van der Waals surface area (Å²) in [5.74, 6) is 1.77. The first-order valence-electron chi connectivity index (χ1n) is 14.0. The molecule has 0 saturated heterocycles. The Bertz CT molecular complexity index is 1670. The maximum Gasteiger partial charge on any atom is 0.347 e. The maximum atomic E-state index is 13.8. The zero-order valence-electron chi connectivity index (χ0n) is 25.1. The molecule has 0 radical (unpaired) electrons. The van der Waals surface area contributed by atoms with Gasteiger partial charge in [0.25, 0.3) is 5.56 Å². The normalized spacial score (nSPS) is 12.1.